The molecule has 2 aliphatic rings. The average Bonchev–Trinajstić information content (AvgIpc) is 3.27. The summed E-state index contributed by atoms with van der Waals surface area (Å²) in [7, 11) is 2.78. The lowest BCUT2D eigenvalue weighted by atomic mass is 9.90. The Morgan fingerprint density at radius 2 is 1.67 bits per heavy atom. The van der Waals surface area contributed by atoms with Gasteiger partial charge in [0.15, 0.2) is 23.0 Å². The second-order valence-electron chi connectivity index (χ2n) is 8.46. The highest BCUT2D eigenvalue weighted by molar-refractivity contribution is 5.91. The van der Waals surface area contributed by atoms with E-state index in [0.29, 0.717) is 16.9 Å². The van der Waals surface area contributed by atoms with Crippen LogP contribution in [0.15, 0.2) is 30.3 Å². The van der Waals surface area contributed by atoms with Crippen molar-refractivity contribution in [3.8, 4) is 23.0 Å². The summed E-state index contributed by atoms with van der Waals surface area (Å²) in [5, 5.41) is 59.5. The molecule has 6 N–H and O–H groups in total. The van der Waals surface area contributed by atoms with E-state index in [1.165, 1.54) is 32.4 Å². The summed E-state index contributed by atoms with van der Waals surface area (Å²) in [6, 6.07) is 7.44. The normalized spacial score (nSPS) is 29.2. The van der Waals surface area contributed by atoms with Gasteiger partial charge in [-0.25, -0.2) is 4.79 Å². The van der Waals surface area contributed by atoms with Crippen LogP contribution in [0.2, 0.25) is 0 Å². The number of aliphatic hydroxyl groups is 5. The number of hydrogen-bond donors (Lipinski definition) is 6. The number of phenols is 1. The zero-order chi connectivity index (χ0) is 26.1. The summed E-state index contributed by atoms with van der Waals surface area (Å²) in [5.74, 6) is -0.930. The van der Waals surface area contributed by atoms with Crippen LogP contribution in [0.4, 0.5) is 0 Å². The van der Waals surface area contributed by atoms with Gasteiger partial charge in [0.25, 0.3) is 0 Å². The summed E-state index contributed by atoms with van der Waals surface area (Å²) < 4.78 is 27.1. The maximum Gasteiger partial charge on any atom is 0.340 e. The van der Waals surface area contributed by atoms with Gasteiger partial charge < -0.3 is 54.3 Å². The van der Waals surface area contributed by atoms with Crippen molar-refractivity contribution in [2.75, 3.05) is 27.4 Å². The Kier molecular flexibility index (Phi) is 7.54. The van der Waals surface area contributed by atoms with Gasteiger partial charge in [-0.1, -0.05) is 6.07 Å². The molecule has 2 aliphatic heterocycles. The van der Waals surface area contributed by atoms with Crippen molar-refractivity contribution in [3.05, 3.63) is 47.0 Å². The van der Waals surface area contributed by atoms with Crippen molar-refractivity contribution in [2.24, 2.45) is 0 Å². The molecule has 2 aromatic rings. The molecule has 0 aromatic heterocycles. The first kappa shape index (κ1) is 25.9. The van der Waals surface area contributed by atoms with E-state index in [2.05, 4.69) is 0 Å². The van der Waals surface area contributed by atoms with Gasteiger partial charge in [0.1, 0.15) is 30.5 Å². The van der Waals surface area contributed by atoms with E-state index in [1.54, 1.807) is 12.1 Å². The molecule has 36 heavy (non-hydrogen) atoms. The number of aromatic hydroxyl groups is 1. The molecule has 0 radical (unpaired) electrons. The number of rotatable bonds is 7. The molecule has 0 amide bonds. The molecule has 2 heterocycles. The molecule has 7 atom stereocenters. The van der Waals surface area contributed by atoms with Crippen LogP contribution < -0.4 is 14.2 Å². The molecule has 7 unspecified atom stereocenters. The van der Waals surface area contributed by atoms with Crippen LogP contribution in [0, 0.1) is 0 Å². The maximum absolute atomic E-state index is 13.0. The highest BCUT2D eigenvalue weighted by Gasteiger charge is 2.46. The van der Waals surface area contributed by atoms with Crippen molar-refractivity contribution < 1.29 is 59.1 Å². The SMILES string of the molecule is COc1cc(C2Oc3c(OC)cc(C(=O)OC4OC(CO)C(O)C(O)C4O)cc3C2CO)ccc1O. The molecule has 0 saturated carbocycles. The molecule has 196 valence electrons. The largest absolute Gasteiger partial charge is 0.504 e. The predicted octanol–water partition coefficient (Wildman–Crippen LogP) is -0.424. The minimum atomic E-state index is -1.76. The van der Waals surface area contributed by atoms with Crippen LogP contribution in [-0.2, 0) is 9.47 Å². The number of carbonyl (C=O) groups is 1. The van der Waals surface area contributed by atoms with Crippen LogP contribution in [0.3, 0.4) is 0 Å². The van der Waals surface area contributed by atoms with Crippen molar-refractivity contribution in [2.45, 2.75) is 42.7 Å². The highest BCUT2D eigenvalue weighted by Crippen LogP contribution is 2.51. The number of phenolic OH excluding ortho intramolecular Hbond substituents is 1. The maximum atomic E-state index is 13.0. The molecule has 12 heteroatoms. The first-order valence-corrected chi connectivity index (χ1v) is 11.1. The molecule has 2 aromatic carbocycles. The zero-order valence-corrected chi connectivity index (χ0v) is 19.5. The Bertz CT molecular complexity index is 1100. The smallest absolute Gasteiger partial charge is 0.340 e. The molecular formula is C24H28O12. The molecule has 0 bridgehead atoms. The number of carbonyl (C=O) groups excluding carboxylic acids is 1. The van der Waals surface area contributed by atoms with E-state index >= 15 is 0 Å². The number of esters is 1. The standard InChI is InChI=1S/C24H28O12/c1-32-15-6-10(3-4-14(15)27)21-13(8-25)12-5-11(7-16(33-2)22(12)35-21)23(31)36-24-20(30)19(29)18(28)17(9-26)34-24/h3-7,13,17-21,24-30H,8-9H2,1-2H3. The second-order valence-corrected chi connectivity index (χ2v) is 8.46. The van der Waals surface area contributed by atoms with E-state index < -0.39 is 55.3 Å². The number of hydrogen-bond acceptors (Lipinski definition) is 12. The lowest BCUT2D eigenvalue weighted by Crippen LogP contribution is -2.59. The molecule has 0 aliphatic carbocycles. The first-order chi connectivity index (χ1) is 17.2. The van der Waals surface area contributed by atoms with Crippen molar-refractivity contribution in [1.82, 2.24) is 0 Å². The summed E-state index contributed by atoms with van der Waals surface area (Å²) in [6.07, 6.45) is -8.66. The summed E-state index contributed by atoms with van der Waals surface area (Å²) in [4.78, 5) is 13.0. The summed E-state index contributed by atoms with van der Waals surface area (Å²) in [5.41, 5.74) is 1.04. The highest BCUT2D eigenvalue weighted by atomic mass is 16.7. The van der Waals surface area contributed by atoms with Gasteiger partial charge in [0.2, 0.25) is 6.29 Å². The zero-order valence-electron chi connectivity index (χ0n) is 19.5. The van der Waals surface area contributed by atoms with Crippen LogP contribution >= 0.6 is 0 Å². The number of fused-ring (bicyclic) bond motifs is 1. The van der Waals surface area contributed by atoms with Crippen LogP contribution in [0.1, 0.15) is 33.5 Å². The van der Waals surface area contributed by atoms with E-state index in [0.717, 1.165) is 0 Å². The van der Waals surface area contributed by atoms with Gasteiger partial charge in [-0.05, 0) is 29.8 Å². The number of benzene rings is 2. The van der Waals surface area contributed by atoms with Gasteiger partial charge in [-0.2, -0.15) is 0 Å². The molecule has 4 rings (SSSR count). The van der Waals surface area contributed by atoms with Gasteiger partial charge in [0.05, 0.1) is 38.9 Å². The third-order valence-electron chi connectivity index (χ3n) is 6.35. The lowest BCUT2D eigenvalue weighted by Gasteiger charge is -2.39. The molecule has 0 spiro atoms. The fourth-order valence-corrected chi connectivity index (χ4v) is 4.37. The average molecular weight is 508 g/mol. The second kappa shape index (κ2) is 10.5. The van der Waals surface area contributed by atoms with Crippen LogP contribution in [-0.4, -0.2) is 94.7 Å². The summed E-state index contributed by atoms with van der Waals surface area (Å²) >= 11 is 0. The van der Waals surface area contributed by atoms with Gasteiger partial charge in [-0.3, -0.25) is 0 Å². The molecular weight excluding hydrogens is 480 g/mol. The lowest BCUT2D eigenvalue weighted by molar-refractivity contribution is -0.285. The Balaban J connectivity index is 1.63. The van der Waals surface area contributed by atoms with Gasteiger partial charge in [-0.15, -0.1) is 0 Å². The van der Waals surface area contributed by atoms with Crippen LogP contribution in [0.25, 0.3) is 0 Å². The minimum Gasteiger partial charge on any atom is -0.504 e. The molecule has 1 fully saturated rings. The molecule has 12 nitrogen and oxygen atoms in total. The van der Waals surface area contributed by atoms with Gasteiger partial charge in [0, 0.05) is 5.56 Å². The van der Waals surface area contributed by atoms with E-state index in [1.807, 2.05) is 0 Å². The predicted molar refractivity (Wildman–Crippen MR) is 120 cm³/mol. The van der Waals surface area contributed by atoms with Crippen LogP contribution in [0.5, 0.6) is 23.0 Å². The van der Waals surface area contributed by atoms with E-state index in [-0.39, 0.29) is 29.4 Å². The fraction of sp³-hybridized carbons (Fsp3) is 0.458. The quantitative estimate of drug-likeness (QED) is 0.266. The number of ether oxygens (including phenoxy) is 5. The van der Waals surface area contributed by atoms with Gasteiger partial charge >= 0.3 is 5.97 Å². The summed E-state index contributed by atoms with van der Waals surface area (Å²) in [6.45, 7) is -1.03. The third kappa shape index (κ3) is 4.54. The Morgan fingerprint density at radius 3 is 2.31 bits per heavy atom. The van der Waals surface area contributed by atoms with Crippen molar-refractivity contribution in [1.29, 1.82) is 0 Å². The fourth-order valence-electron chi connectivity index (χ4n) is 4.37. The van der Waals surface area contributed by atoms with E-state index in [9.17, 15) is 35.4 Å². The Labute approximate surface area is 205 Å². The van der Waals surface area contributed by atoms with E-state index in [4.69, 9.17) is 23.7 Å². The Morgan fingerprint density at radius 1 is 0.944 bits per heavy atom. The first-order valence-electron chi connectivity index (χ1n) is 11.1. The van der Waals surface area contributed by atoms with Crippen molar-refractivity contribution >= 4 is 5.97 Å². The monoisotopic (exact) mass is 508 g/mol. The van der Waals surface area contributed by atoms with Crippen molar-refractivity contribution in [3.63, 3.8) is 0 Å². The minimum absolute atomic E-state index is 0.0199. The third-order valence-corrected chi connectivity index (χ3v) is 6.35. The number of aliphatic hydroxyl groups excluding tert-OH is 5. The molecule has 1 saturated heterocycles. The number of methoxy groups -OCH3 is 2. The Hall–Kier alpha value is -3.13. The topological polar surface area (TPSA) is 185 Å².